The van der Waals surface area contributed by atoms with Crippen molar-refractivity contribution in [2.75, 3.05) is 5.73 Å². The predicted octanol–water partition coefficient (Wildman–Crippen LogP) is 2.58. The van der Waals surface area contributed by atoms with Gasteiger partial charge in [0.2, 0.25) is 10.0 Å². The molecule has 2 rings (SSSR count). The lowest BCUT2D eigenvalue weighted by molar-refractivity contribution is 0.473. The van der Waals surface area contributed by atoms with E-state index in [4.69, 9.17) is 5.73 Å². The fourth-order valence-electron chi connectivity index (χ4n) is 2.57. The zero-order chi connectivity index (χ0) is 13.9. The molecule has 0 bridgehead atoms. The van der Waals surface area contributed by atoms with Gasteiger partial charge in [0, 0.05) is 11.7 Å². The smallest absolute Gasteiger partial charge is 0.215 e. The van der Waals surface area contributed by atoms with E-state index in [0.717, 1.165) is 37.7 Å². The summed E-state index contributed by atoms with van der Waals surface area (Å²) >= 11 is 0. The lowest BCUT2D eigenvalue weighted by Crippen LogP contribution is -2.37. The Hall–Kier alpha value is -1.07. The standard InChI is InChI=1S/C14H22N2O2S/c1-11(12-7-9-13(15)10-8-12)16-19(17,18)14-5-3-2-4-6-14/h7-11,14,16H,2-6,15H2,1H3. The quantitative estimate of drug-likeness (QED) is 0.834. The molecule has 1 aliphatic rings. The van der Waals surface area contributed by atoms with Crippen LogP contribution in [0.3, 0.4) is 0 Å². The van der Waals surface area contributed by atoms with Crippen molar-refractivity contribution >= 4 is 15.7 Å². The molecular weight excluding hydrogens is 260 g/mol. The number of hydrogen-bond acceptors (Lipinski definition) is 3. The van der Waals surface area contributed by atoms with Gasteiger partial charge in [0.15, 0.2) is 0 Å². The summed E-state index contributed by atoms with van der Waals surface area (Å²) in [6, 6.07) is 7.10. The molecule has 1 aromatic carbocycles. The van der Waals surface area contributed by atoms with Gasteiger partial charge in [-0.25, -0.2) is 13.1 Å². The molecule has 0 saturated heterocycles. The number of hydrogen-bond donors (Lipinski definition) is 2. The second-order valence-corrected chi connectivity index (χ2v) is 7.30. The van der Waals surface area contributed by atoms with E-state index >= 15 is 0 Å². The van der Waals surface area contributed by atoms with Gasteiger partial charge in [-0.3, -0.25) is 0 Å². The number of benzene rings is 1. The van der Waals surface area contributed by atoms with Gasteiger partial charge in [-0.15, -0.1) is 0 Å². The van der Waals surface area contributed by atoms with E-state index in [-0.39, 0.29) is 11.3 Å². The molecule has 1 fully saturated rings. The van der Waals surface area contributed by atoms with Crippen LogP contribution in [0.25, 0.3) is 0 Å². The highest BCUT2D eigenvalue weighted by Gasteiger charge is 2.28. The van der Waals surface area contributed by atoms with Crippen molar-refractivity contribution in [2.24, 2.45) is 0 Å². The average molecular weight is 282 g/mol. The van der Waals surface area contributed by atoms with E-state index in [1.54, 1.807) is 12.1 Å². The predicted molar refractivity (Wildman–Crippen MR) is 78.2 cm³/mol. The minimum absolute atomic E-state index is 0.215. The van der Waals surface area contributed by atoms with Crippen LogP contribution in [-0.2, 0) is 10.0 Å². The molecule has 0 aliphatic heterocycles. The van der Waals surface area contributed by atoms with Crippen LogP contribution in [0.4, 0.5) is 5.69 Å². The van der Waals surface area contributed by atoms with E-state index in [2.05, 4.69) is 4.72 Å². The fraction of sp³-hybridized carbons (Fsp3) is 0.571. The van der Waals surface area contributed by atoms with Gasteiger partial charge in [0.05, 0.1) is 5.25 Å². The topological polar surface area (TPSA) is 72.2 Å². The molecule has 0 aromatic heterocycles. The van der Waals surface area contributed by atoms with Gasteiger partial charge in [-0.05, 0) is 37.5 Å². The van der Waals surface area contributed by atoms with Gasteiger partial charge >= 0.3 is 0 Å². The number of sulfonamides is 1. The highest BCUT2D eigenvalue weighted by molar-refractivity contribution is 7.90. The second kappa shape index (κ2) is 5.92. The first-order valence-electron chi connectivity index (χ1n) is 6.85. The van der Waals surface area contributed by atoms with Gasteiger partial charge in [-0.2, -0.15) is 0 Å². The first kappa shape index (κ1) is 14.3. The largest absolute Gasteiger partial charge is 0.399 e. The molecule has 5 heteroatoms. The van der Waals surface area contributed by atoms with Crippen LogP contribution in [0.5, 0.6) is 0 Å². The lowest BCUT2D eigenvalue weighted by Gasteiger charge is -2.24. The third kappa shape index (κ3) is 3.70. The van der Waals surface area contributed by atoms with E-state index in [9.17, 15) is 8.42 Å². The Morgan fingerprint density at radius 1 is 1.16 bits per heavy atom. The third-order valence-electron chi connectivity index (χ3n) is 3.77. The maximum absolute atomic E-state index is 12.3. The molecule has 106 valence electrons. The van der Waals surface area contributed by atoms with Crippen molar-refractivity contribution in [2.45, 2.75) is 50.3 Å². The monoisotopic (exact) mass is 282 g/mol. The number of anilines is 1. The second-order valence-electron chi connectivity index (χ2n) is 5.31. The number of rotatable bonds is 4. The summed E-state index contributed by atoms with van der Waals surface area (Å²) < 4.78 is 27.4. The Kier molecular flexibility index (Phi) is 4.47. The maximum Gasteiger partial charge on any atom is 0.215 e. The Morgan fingerprint density at radius 3 is 2.32 bits per heavy atom. The van der Waals surface area contributed by atoms with Gasteiger partial charge in [0.1, 0.15) is 0 Å². The zero-order valence-electron chi connectivity index (χ0n) is 11.3. The maximum atomic E-state index is 12.3. The minimum atomic E-state index is -3.22. The molecule has 19 heavy (non-hydrogen) atoms. The summed E-state index contributed by atoms with van der Waals surface area (Å²) in [5, 5.41) is -0.225. The molecule has 0 radical (unpaired) electrons. The van der Waals surface area contributed by atoms with E-state index in [1.165, 1.54) is 0 Å². The Labute approximate surface area is 115 Å². The molecule has 1 aromatic rings. The molecule has 1 saturated carbocycles. The number of nitrogens with two attached hydrogens (primary N) is 1. The van der Waals surface area contributed by atoms with Crippen molar-refractivity contribution < 1.29 is 8.42 Å². The Bertz CT molecular complexity index is 505. The normalized spacial score (nSPS) is 19.2. The average Bonchev–Trinajstić information content (AvgIpc) is 2.40. The fourth-order valence-corrected chi connectivity index (χ4v) is 4.35. The molecule has 0 spiro atoms. The number of nitrogen functional groups attached to an aromatic ring is 1. The molecule has 4 nitrogen and oxygen atoms in total. The van der Waals surface area contributed by atoms with Crippen LogP contribution in [0, 0.1) is 0 Å². The van der Waals surface area contributed by atoms with Crippen LogP contribution >= 0.6 is 0 Å². The van der Waals surface area contributed by atoms with Crippen molar-refractivity contribution in [1.29, 1.82) is 0 Å². The molecule has 1 aliphatic carbocycles. The summed E-state index contributed by atoms with van der Waals surface area (Å²) in [7, 11) is -3.22. The summed E-state index contributed by atoms with van der Waals surface area (Å²) in [4.78, 5) is 0. The van der Waals surface area contributed by atoms with Crippen LogP contribution < -0.4 is 10.5 Å². The molecule has 1 atom stereocenters. The molecule has 0 amide bonds. The summed E-state index contributed by atoms with van der Waals surface area (Å²) in [6.07, 6.45) is 4.75. The minimum Gasteiger partial charge on any atom is -0.399 e. The molecule has 3 N–H and O–H groups in total. The van der Waals surface area contributed by atoms with Crippen LogP contribution in [0.1, 0.15) is 50.6 Å². The molecular formula is C14H22N2O2S. The van der Waals surface area contributed by atoms with Crippen molar-refractivity contribution in [1.82, 2.24) is 4.72 Å². The van der Waals surface area contributed by atoms with E-state index in [0.29, 0.717) is 5.69 Å². The van der Waals surface area contributed by atoms with Crippen molar-refractivity contribution in [3.63, 3.8) is 0 Å². The third-order valence-corrected chi connectivity index (χ3v) is 5.80. The highest BCUT2D eigenvalue weighted by atomic mass is 32.2. The Balaban J connectivity index is 2.04. The van der Waals surface area contributed by atoms with Crippen LogP contribution in [-0.4, -0.2) is 13.7 Å². The van der Waals surface area contributed by atoms with Gasteiger partial charge in [-0.1, -0.05) is 31.4 Å². The SMILES string of the molecule is CC(NS(=O)(=O)C1CCCCC1)c1ccc(N)cc1. The number of nitrogens with one attached hydrogen (secondary N) is 1. The van der Waals surface area contributed by atoms with Crippen molar-refractivity contribution in [3.05, 3.63) is 29.8 Å². The highest BCUT2D eigenvalue weighted by Crippen LogP contribution is 2.25. The van der Waals surface area contributed by atoms with Gasteiger partial charge in [0.25, 0.3) is 0 Å². The first-order valence-corrected chi connectivity index (χ1v) is 8.40. The molecule has 1 unspecified atom stereocenters. The van der Waals surface area contributed by atoms with E-state index in [1.807, 2.05) is 19.1 Å². The first-order chi connectivity index (χ1) is 8.99. The van der Waals surface area contributed by atoms with Crippen LogP contribution in [0.2, 0.25) is 0 Å². The lowest BCUT2D eigenvalue weighted by atomic mass is 10.0. The molecule has 0 heterocycles. The van der Waals surface area contributed by atoms with Gasteiger partial charge < -0.3 is 5.73 Å². The zero-order valence-corrected chi connectivity index (χ0v) is 12.1. The van der Waals surface area contributed by atoms with Crippen LogP contribution in [0.15, 0.2) is 24.3 Å². The van der Waals surface area contributed by atoms with Crippen molar-refractivity contribution in [3.8, 4) is 0 Å². The summed E-state index contributed by atoms with van der Waals surface area (Å²) in [5.74, 6) is 0. The Morgan fingerprint density at radius 2 is 1.74 bits per heavy atom. The summed E-state index contributed by atoms with van der Waals surface area (Å²) in [5.41, 5.74) is 7.26. The van der Waals surface area contributed by atoms with E-state index < -0.39 is 10.0 Å². The summed E-state index contributed by atoms with van der Waals surface area (Å²) in [6.45, 7) is 1.87.